The zero-order valence-corrected chi connectivity index (χ0v) is 32.1. The van der Waals surface area contributed by atoms with Gasteiger partial charge in [-0.15, -0.1) is 0 Å². The van der Waals surface area contributed by atoms with Crippen molar-refractivity contribution >= 4 is 17.9 Å². The van der Waals surface area contributed by atoms with Crippen molar-refractivity contribution in [1.82, 2.24) is 0 Å². The molecule has 0 saturated heterocycles. The molecule has 0 aromatic heterocycles. The Morgan fingerprint density at radius 3 is 1.69 bits per heavy atom. The maximum absolute atomic E-state index is 12.6. The van der Waals surface area contributed by atoms with Gasteiger partial charge in [-0.2, -0.15) is 0 Å². The third kappa shape index (κ3) is 31.3. The van der Waals surface area contributed by atoms with Crippen LogP contribution in [0.15, 0.2) is 36.5 Å². The monoisotopic (exact) mass is 693 g/mol. The van der Waals surface area contributed by atoms with E-state index in [0.717, 1.165) is 70.6 Å². The molecule has 0 aliphatic rings. The smallest absolute Gasteiger partial charge is 0.362 e. The largest absolute Gasteiger partial charge is 0.477 e. The SMILES string of the molecule is CC/C=C/C/C=C/C/C=C/CCCCCCC(=O)OC(COCCC(C(=O)O)[N+](C)(C)C)COC(=O)CCCCCCCCCCCCC. The highest BCUT2D eigenvalue weighted by atomic mass is 16.6. The van der Waals surface area contributed by atoms with E-state index >= 15 is 0 Å². The summed E-state index contributed by atoms with van der Waals surface area (Å²) in [4.78, 5) is 36.8. The number of hydrogen-bond acceptors (Lipinski definition) is 6. The third-order valence-electron chi connectivity index (χ3n) is 8.55. The number of aliphatic carboxylic acids is 1. The highest BCUT2D eigenvalue weighted by molar-refractivity contribution is 5.72. The molecule has 0 radical (unpaired) electrons. The summed E-state index contributed by atoms with van der Waals surface area (Å²) in [6.45, 7) is 4.58. The van der Waals surface area contributed by atoms with Crippen molar-refractivity contribution < 1.29 is 38.2 Å². The lowest BCUT2D eigenvalue weighted by Gasteiger charge is -2.31. The molecule has 8 heteroatoms. The fourth-order valence-electron chi connectivity index (χ4n) is 5.52. The van der Waals surface area contributed by atoms with Gasteiger partial charge >= 0.3 is 17.9 Å². The number of likely N-dealkylation sites (N-methyl/N-ethyl adjacent to an activating group) is 1. The fraction of sp³-hybridized carbons (Fsp3) is 0.780. The van der Waals surface area contributed by atoms with Crippen molar-refractivity contribution in [1.29, 1.82) is 0 Å². The van der Waals surface area contributed by atoms with E-state index in [1.807, 2.05) is 21.1 Å². The molecular weight excluding hydrogens is 618 g/mol. The van der Waals surface area contributed by atoms with Crippen molar-refractivity contribution in [2.24, 2.45) is 0 Å². The van der Waals surface area contributed by atoms with Gasteiger partial charge in [0.25, 0.3) is 0 Å². The number of esters is 2. The predicted molar refractivity (Wildman–Crippen MR) is 201 cm³/mol. The first-order chi connectivity index (χ1) is 23.6. The van der Waals surface area contributed by atoms with Gasteiger partial charge in [0, 0.05) is 19.3 Å². The van der Waals surface area contributed by atoms with E-state index in [9.17, 15) is 19.5 Å². The Hall–Kier alpha value is -2.45. The lowest BCUT2D eigenvalue weighted by Crippen LogP contribution is -2.50. The van der Waals surface area contributed by atoms with Crippen LogP contribution < -0.4 is 0 Å². The average Bonchev–Trinajstić information content (AvgIpc) is 3.05. The van der Waals surface area contributed by atoms with E-state index in [1.165, 1.54) is 51.4 Å². The Labute approximate surface area is 300 Å². The quantitative estimate of drug-likeness (QED) is 0.0310. The summed E-state index contributed by atoms with van der Waals surface area (Å²) in [5.41, 5.74) is 0. The van der Waals surface area contributed by atoms with Gasteiger partial charge in [-0.1, -0.05) is 127 Å². The van der Waals surface area contributed by atoms with Crippen LogP contribution in [0.3, 0.4) is 0 Å². The average molecular weight is 693 g/mol. The van der Waals surface area contributed by atoms with Crippen LogP contribution in [-0.2, 0) is 28.6 Å². The summed E-state index contributed by atoms with van der Waals surface area (Å²) in [6.07, 6.45) is 34.7. The van der Waals surface area contributed by atoms with E-state index in [1.54, 1.807) is 0 Å². The first-order valence-electron chi connectivity index (χ1n) is 19.5. The van der Waals surface area contributed by atoms with Crippen LogP contribution in [0.4, 0.5) is 0 Å². The molecule has 0 amide bonds. The summed E-state index contributed by atoms with van der Waals surface area (Å²) in [7, 11) is 5.51. The molecular formula is C41H74NO7+. The molecule has 49 heavy (non-hydrogen) atoms. The standard InChI is InChI=1S/C41H73NO7/c1-6-8-10-12-14-16-18-19-20-22-24-26-28-30-32-40(44)49-37(35-47-34-33-38(41(45)46)42(3,4)5)36-48-39(43)31-29-27-25-23-21-17-15-13-11-9-7-2/h8,10,14,16,19-20,37-38H,6-7,9,11-13,15,17-18,21-36H2,1-5H3/p+1/b10-8+,16-14+,20-19+. The summed E-state index contributed by atoms with van der Waals surface area (Å²) in [5, 5.41) is 9.58. The fourth-order valence-corrected chi connectivity index (χ4v) is 5.52. The zero-order valence-electron chi connectivity index (χ0n) is 32.1. The van der Waals surface area contributed by atoms with E-state index < -0.39 is 18.1 Å². The number of carbonyl (C=O) groups excluding carboxylic acids is 2. The van der Waals surface area contributed by atoms with Crippen LogP contribution in [-0.4, -0.2) is 80.6 Å². The van der Waals surface area contributed by atoms with Crippen LogP contribution >= 0.6 is 0 Å². The van der Waals surface area contributed by atoms with Crippen LogP contribution in [0.2, 0.25) is 0 Å². The minimum Gasteiger partial charge on any atom is -0.477 e. The second kappa shape index (κ2) is 32.7. The van der Waals surface area contributed by atoms with Gasteiger partial charge in [0.2, 0.25) is 0 Å². The van der Waals surface area contributed by atoms with E-state index in [4.69, 9.17) is 14.2 Å². The van der Waals surface area contributed by atoms with E-state index in [-0.39, 0.29) is 36.2 Å². The number of quaternary nitrogens is 1. The van der Waals surface area contributed by atoms with Gasteiger partial charge in [-0.3, -0.25) is 9.59 Å². The van der Waals surface area contributed by atoms with Gasteiger partial charge in [0.15, 0.2) is 12.1 Å². The number of rotatable bonds is 34. The maximum Gasteiger partial charge on any atom is 0.362 e. The molecule has 0 saturated carbocycles. The van der Waals surface area contributed by atoms with Gasteiger partial charge < -0.3 is 23.8 Å². The number of ether oxygens (including phenoxy) is 3. The van der Waals surface area contributed by atoms with Gasteiger partial charge in [0.05, 0.1) is 34.4 Å². The molecule has 0 aromatic carbocycles. The summed E-state index contributed by atoms with van der Waals surface area (Å²) >= 11 is 0. The molecule has 1 N–H and O–H groups in total. The molecule has 0 heterocycles. The first kappa shape index (κ1) is 46.5. The van der Waals surface area contributed by atoms with Crippen LogP contribution in [0, 0.1) is 0 Å². The van der Waals surface area contributed by atoms with E-state index in [0.29, 0.717) is 19.3 Å². The maximum atomic E-state index is 12.6. The number of carboxylic acid groups (broad SMARTS) is 1. The molecule has 2 atom stereocenters. The van der Waals surface area contributed by atoms with Crippen molar-refractivity contribution in [3.05, 3.63) is 36.5 Å². The molecule has 284 valence electrons. The number of carbonyl (C=O) groups is 3. The topological polar surface area (TPSA) is 99.1 Å². The minimum atomic E-state index is -0.880. The number of hydrogen-bond donors (Lipinski definition) is 1. The minimum absolute atomic E-state index is 0.0535. The number of carboxylic acids is 1. The molecule has 0 aliphatic heterocycles. The predicted octanol–water partition coefficient (Wildman–Crippen LogP) is 9.91. The van der Waals surface area contributed by atoms with Crippen LogP contribution in [0.25, 0.3) is 0 Å². The van der Waals surface area contributed by atoms with Crippen LogP contribution in [0.5, 0.6) is 0 Å². The summed E-state index contributed by atoms with van der Waals surface area (Å²) in [6, 6.07) is -0.616. The highest BCUT2D eigenvalue weighted by Gasteiger charge is 2.31. The van der Waals surface area contributed by atoms with E-state index in [2.05, 4.69) is 50.3 Å². The number of unbranched alkanes of at least 4 members (excludes halogenated alkanes) is 14. The van der Waals surface area contributed by atoms with Crippen molar-refractivity contribution in [3.8, 4) is 0 Å². The molecule has 0 spiro atoms. The highest BCUT2D eigenvalue weighted by Crippen LogP contribution is 2.14. The lowest BCUT2D eigenvalue weighted by atomic mass is 10.1. The molecule has 0 fully saturated rings. The number of nitrogens with zero attached hydrogens (tertiary/aromatic N) is 1. The molecule has 2 unspecified atom stereocenters. The van der Waals surface area contributed by atoms with Gasteiger partial charge in [-0.25, -0.2) is 4.79 Å². The Morgan fingerprint density at radius 2 is 1.14 bits per heavy atom. The third-order valence-corrected chi connectivity index (χ3v) is 8.55. The normalized spacial score (nSPS) is 13.4. The molecule has 0 rings (SSSR count). The molecule has 0 bridgehead atoms. The van der Waals surface area contributed by atoms with Crippen molar-refractivity contribution in [2.75, 3.05) is 41.0 Å². The second-order valence-corrected chi connectivity index (χ2v) is 14.2. The second-order valence-electron chi connectivity index (χ2n) is 14.2. The van der Waals surface area contributed by atoms with Gasteiger partial charge in [0.1, 0.15) is 6.61 Å². The summed E-state index contributed by atoms with van der Waals surface area (Å²) < 4.78 is 17.2. The lowest BCUT2D eigenvalue weighted by molar-refractivity contribution is -0.887. The summed E-state index contributed by atoms with van der Waals surface area (Å²) in [5.74, 6) is -1.50. The Bertz CT molecular complexity index is 906. The first-order valence-corrected chi connectivity index (χ1v) is 19.5. The molecule has 8 nitrogen and oxygen atoms in total. The Balaban J connectivity index is 4.45. The van der Waals surface area contributed by atoms with Gasteiger partial charge in [-0.05, 0) is 44.9 Å². The van der Waals surface area contributed by atoms with Crippen LogP contribution in [0.1, 0.15) is 155 Å². The number of allylic oxidation sites excluding steroid dienone is 6. The zero-order chi connectivity index (χ0) is 36.4. The van der Waals surface area contributed by atoms with Crippen molar-refractivity contribution in [3.63, 3.8) is 0 Å². The Morgan fingerprint density at radius 1 is 0.633 bits per heavy atom. The Kier molecular flexibility index (Phi) is 31.1. The van der Waals surface area contributed by atoms with Crippen molar-refractivity contribution in [2.45, 2.75) is 167 Å². The molecule has 0 aromatic rings. The molecule has 0 aliphatic carbocycles.